The number of para-hydroxylation sites is 2. The van der Waals surface area contributed by atoms with Crippen molar-refractivity contribution < 1.29 is 19.4 Å². The van der Waals surface area contributed by atoms with Crippen molar-refractivity contribution in [1.29, 1.82) is 0 Å². The lowest BCUT2D eigenvalue weighted by Crippen LogP contribution is -2.30. The smallest absolute Gasteiger partial charge is 0.328 e. The van der Waals surface area contributed by atoms with Crippen LogP contribution in [0.25, 0.3) is 0 Å². The average molecular weight is 247 g/mol. The Morgan fingerprint density at radius 1 is 1.44 bits per heavy atom. The third-order valence-electron chi connectivity index (χ3n) is 2.58. The van der Waals surface area contributed by atoms with Gasteiger partial charge >= 0.3 is 5.97 Å². The molecule has 1 heterocycles. The lowest BCUT2D eigenvalue weighted by molar-refractivity contribution is -0.131. The summed E-state index contributed by atoms with van der Waals surface area (Å²) in [5.41, 5.74) is 0.676. The zero-order valence-corrected chi connectivity index (χ0v) is 9.70. The second kappa shape index (κ2) is 5.35. The average Bonchev–Trinajstić information content (AvgIpc) is 2.49. The summed E-state index contributed by atoms with van der Waals surface area (Å²) < 4.78 is 5.47. The molecule has 0 atom stereocenters. The highest BCUT2D eigenvalue weighted by molar-refractivity contribution is 5.96. The molecule has 18 heavy (non-hydrogen) atoms. The number of hydrogen-bond donors (Lipinski definition) is 1. The van der Waals surface area contributed by atoms with Gasteiger partial charge in [-0.05, 0) is 12.1 Å². The van der Waals surface area contributed by atoms with Crippen LogP contribution >= 0.6 is 0 Å². The molecule has 1 aliphatic heterocycles. The largest absolute Gasteiger partial charge is 0.491 e. The Labute approximate surface area is 104 Å². The van der Waals surface area contributed by atoms with Crippen molar-refractivity contribution in [2.45, 2.75) is 6.42 Å². The van der Waals surface area contributed by atoms with Crippen LogP contribution in [0.5, 0.6) is 5.75 Å². The minimum absolute atomic E-state index is 0.0741. The van der Waals surface area contributed by atoms with E-state index in [9.17, 15) is 9.59 Å². The van der Waals surface area contributed by atoms with Crippen molar-refractivity contribution in [2.24, 2.45) is 0 Å². The van der Waals surface area contributed by atoms with Crippen LogP contribution in [0.15, 0.2) is 36.4 Å². The van der Waals surface area contributed by atoms with Crippen LogP contribution < -0.4 is 9.64 Å². The number of amides is 1. The summed E-state index contributed by atoms with van der Waals surface area (Å²) in [5, 5.41) is 8.54. The summed E-state index contributed by atoms with van der Waals surface area (Å²) >= 11 is 0. The first-order valence-corrected chi connectivity index (χ1v) is 5.60. The van der Waals surface area contributed by atoms with Crippen LogP contribution in [-0.2, 0) is 9.59 Å². The molecule has 0 unspecified atom stereocenters. The van der Waals surface area contributed by atoms with Crippen LogP contribution in [0.1, 0.15) is 6.42 Å². The van der Waals surface area contributed by atoms with E-state index < -0.39 is 5.97 Å². The monoisotopic (exact) mass is 247 g/mol. The number of nitrogens with zero attached hydrogens (tertiary/aromatic N) is 1. The number of ether oxygens (including phenoxy) is 1. The molecule has 1 N–H and O–H groups in total. The first kappa shape index (κ1) is 12.2. The van der Waals surface area contributed by atoms with Crippen molar-refractivity contribution in [3.05, 3.63) is 36.4 Å². The third-order valence-corrected chi connectivity index (χ3v) is 2.58. The molecule has 1 amide bonds. The van der Waals surface area contributed by atoms with Crippen molar-refractivity contribution in [2.75, 3.05) is 18.1 Å². The van der Waals surface area contributed by atoms with Crippen LogP contribution in [-0.4, -0.2) is 30.1 Å². The van der Waals surface area contributed by atoms with E-state index >= 15 is 0 Å². The van der Waals surface area contributed by atoms with E-state index in [-0.39, 0.29) is 18.9 Å². The van der Waals surface area contributed by atoms with Gasteiger partial charge in [0, 0.05) is 12.6 Å². The van der Waals surface area contributed by atoms with Gasteiger partial charge < -0.3 is 14.7 Å². The van der Waals surface area contributed by atoms with Gasteiger partial charge in [0.15, 0.2) is 0 Å². The molecule has 0 saturated heterocycles. The molecule has 2 rings (SSSR count). The highest BCUT2D eigenvalue weighted by Crippen LogP contribution is 2.30. The summed E-state index contributed by atoms with van der Waals surface area (Å²) in [5.74, 6) is -0.455. The van der Waals surface area contributed by atoms with Gasteiger partial charge in [-0.1, -0.05) is 18.2 Å². The van der Waals surface area contributed by atoms with Gasteiger partial charge in [-0.15, -0.1) is 0 Å². The van der Waals surface area contributed by atoms with Crippen molar-refractivity contribution in [1.82, 2.24) is 0 Å². The predicted octanol–water partition coefficient (Wildman–Crippen LogP) is 1.44. The lowest BCUT2D eigenvalue weighted by Gasteiger charge is -2.19. The molecule has 94 valence electrons. The molecule has 0 radical (unpaired) electrons. The van der Waals surface area contributed by atoms with E-state index in [2.05, 4.69) is 0 Å². The Kier molecular flexibility index (Phi) is 3.62. The molecule has 0 aromatic heterocycles. The van der Waals surface area contributed by atoms with Gasteiger partial charge in [-0.3, -0.25) is 4.79 Å². The number of hydrogen-bond acceptors (Lipinski definition) is 3. The van der Waals surface area contributed by atoms with Crippen LogP contribution in [0, 0.1) is 0 Å². The maximum Gasteiger partial charge on any atom is 0.328 e. The second-order valence-corrected chi connectivity index (χ2v) is 3.81. The zero-order valence-electron chi connectivity index (χ0n) is 9.70. The number of carboxylic acids is 1. The SMILES string of the molecule is O=C(O)/C=C/CN1C(=O)CCOc2ccccc21. The van der Waals surface area contributed by atoms with E-state index in [0.29, 0.717) is 18.0 Å². The molecule has 1 aromatic rings. The van der Waals surface area contributed by atoms with Gasteiger partial charge in [0.25, 0.3) is 0 Å². The minimum atomic E-state index is -1.03. The molecular weight excluding hydrogens is 234 g/mol. The van der Waals surface area contributed by atoms with Crippen LogP contribution in [0.3, 0.4) is 0 Å². The Morgan fingerprint density at radius 3 is 3.00 bits per heavy atom. The summed E-state index contributed by atoms with van der Waals surface area (Å²) in [6.45, 7) is 0.570. The molecule has 1 aromatic carbocycles. The quantitative estimate of drug-likeness (QED) is 0.821. The van der Waals surface area contributed by atoms with E-state index in [1.807, 2.05) is 12.1 Å². The maximum absolute atomic E-state index is 11.9. The van der Waals surface area contributed by atoms with E-state index in [4.69, 9.17) is 9.84 Å². The topological polar surface area (TPSA) is 66.8 Å². The van der Waals surface area contributed by atoms with Gasteiger partial charge in [0.05, 0.1) is 18.7 Å². The van der Waals surface area contributed by atoms with Crippen molar-refractivity contribution in [3.63, 3.8) is 0 Å². The first-order chi connectivity index (χ1) is 8.68. The number of fused-ring (bicyclic) bond motifs is 1. The molecule has 0 aliphatic carbocycles. The Hall–Kier alpha value is -2.30. The minimum Gasteiger partial charge on any atom is -0.491 e. The molecule has 5 nitrogen and oxygen atoms in total. The lowest BCUT2D eigenvalue weighted by atomic mass is 10.2. The summed E-state index contributed by atoms with van der Waals surface area (Å²) in [6.07, 6.45) is 2.76. The van der Waals surface area contributed by atoms with Gasteiger partial charge in [0.2, 0.25) is 5.91 Å². The molecule has 0 saturated carbocycles. The fourth-order valence-corrected chi connectivity index (χ4v) is 1.78. The van der Waals surface area contributed by atoms with Crippen molar-refractivity contribution in [3.8, 4) is 5.75 Å². The third kappa shape index (κ3) is 2.68. The Bertz CT molecular complexity index is 496. The zero-order chi connectivity index (χ0) is 13.0. The molecule has 0 fully saturated rings. The number of anilines is 1. The van der Waals surface area contributed by atoms with E-state index in [1.54, 1.807) is 12.1 Å². The molecular formula is C13H13NO4. The number of benzene rings is 1. The second-order valence-electron chi connectivity index (χ2n) is 3.81. The summed E-state index contributed by atoms with van der Waals surface area (Å²) in [4.78, 5) is 23.9. The summed E-state index contributed by atoms with van der Waals surface area (Å²) in [7, 11) is 0. The predicted molar refractivity (Wildman–Crippen MR) is 65.7 cm³/mol. The Balaban J connectivity index is 2.25. The van der Waals surface area contributed by atoms with E-state index in [1.165, 1.54) is 11.0 Å². The van der Waals surface area contributed by atoms with E-state index in [0.717, 1.165) is 6.08 Å². The fourth-order valence-electron chi connectivity index (χ4n) is 1.78. The molecule has 0 bridgehead atoms. The molecule has 5 heteroatoms. The standard InChI is InChI=1S/C13H13NO4/c15-12-7-9-18-11-5-2-1-4-10(11)14(12)8-3-6-13(16)17/h1-6H,7-9H2,(H,16,17)/b6-3+. The van der Waals surface area contributed by atoms with Crippen LogP contribution in [0.4, 0.5) is 5.69 Å². The maximum atomic E-state index is 11.9. The summed E-state index contributed by atoms with van der Waals surface area (Å²) in [6, 6.07) is 7.23. The molecule has 0 spiro atoms. The van der Waals surface area contributed by atoms with Crippen LogP contribution in [0.2, 0.25) is 0 Å². The number of carbonyl (C=O) groups excluding carboxylic acids is 1. The van der Waals surface area contributed by atoms with Gasteiger partial charge in [0.1, 0.15) is 5.75 Å². The van der Waals surface area contributed by atoms with Gasteiger partial charge in [-0.2, -0.15) is 0 Å². The highest BCUT2D eigenvalue weighted by Gasteiger charge is 2.21. The fraction of sp³-hybridized carbons (Fsp3) is 0.231. The number of carboxylic acid groups (broad SMARTS) is 1. The number of rotatable bonds is 3. The number of aliphatic carboxylic acids is 1. The first-order valence-electron chi connectivity index (χ1n) is 5.60. The van der Waals surface area contributed by atoms with Gasteiger partial charge in [-0.25, -0.2) is 4.79 Å². The highest BCUT2D eigenvalue weighted by atomic mass is 16.5. The Morgan fingerprint density at radius 2 is 2.22 bits per heavy atom. The number of carbonyl (C=O) groups is 2. The normalized spacial score (nSPS) is 15.1. The molecule has 1 aliphatic rings. The van der Waals surface area contributed by atoms with Crippen molar-refractivity contribution >= 4 is 17.6 Å².